The van der Waals surface area contributed by atoms with Gasteiger partial charge in [-0.25, -0.2) is 0 Å². The molecule has 4 aromatic carbocycles. The molecule has 3 aliphatic carbocycles. The number of carbonyl (C=O) groups is 16. The lowest BCUT2D eigenvalue weighted by molar-refractivity contribution is -0.154. The molecule has 7 heterocycles. The molecule has 0 aromatic heterocycles. The lowest BCUT2D eigenvalue weighted by atomic mass is 9.84. The summed E-state index contributed by atoms with van der Waals surface area (Å²) < 4.78 is 0. The smallest absolute Gasteiger partial charge is 0.246 e. The van der Waals surface area contributed by atoms with Gasteiger partial charge in [0.1, 0.15) is 78.5 Å². The van der Waals surface area contributed by atoms with Crippen LogP contribution in [0.1, 0.15) is 263 Å². The van der Waals surface area contributed by atoms with E-state index in [1.54, 1.807) is 19.6 Å². The van der Waals surface area contributed by atoms with Gasteiger partial charge in [-0.1, -0.05) is 136 Å². The maximum atomic E-state index is 16.5. The number of carbonyl (C=O) groups excluding carboxylic acids is 16. The van der Waals surface area contributed by atoms with Crippen molar-refractivity contribution in [3.63, 3.8) is 0 Å². The van der Waals surface area contributed by atoms with E-state index in [4.69, 9.17) is 40.1 Å². The number of nitrogens with one attached hydrogen (secondary N) is 8. The Balaban J connectivity index is 0.690. The maximum Gasteiger partial charge on any atom is 0.246 e. The average molecular weight is 2030 g/mol. The summed E-state index contributed by atoms with van der Waals surface area (Å²) in [4.78, 5) is 253. The zero-order chi connectivity index (χ0) is 104. The highest BCUT2D eigenvalue weighted by Gasteiger charge is 2.57. The van der Waals surface area contributed by atoms with Crippen LogP contribution in [0.4, 0.5) is 0 Å². The topological polar surface area (TPSA) is 574 Å². The monoisotopic (exact) mass is 2030 g/mol. The van der Waals surface area contributed by atoms with Gasteiger partial charge in [0.2, 0.25) is 94.5 Å². The standard InChI is InChI=1S/C109H158N22O16/c1-67(132)117-61-95(133)125-63-75-35-6-3-29-69(75)55-92(125)107(145)130-86-46-14-11-34-74(86)60-91(130)104(142)124-84(44-21-27-53-115)106(144)128-66-78-38-9-5-31-71(78)57-94(128)109(147)129-85-45-13-10-32-72(85)58-89(129)101(139)118-62-96(134)126-64-76-36-7-4-30-70(76)56-93(126)108(146)131-87-47-15-12-33-73(87)59-90(131)103(141)123-83(43-20-26-52-114)105(143)127-65-77-37-8-2-28-68(77)54-88(127)102(140)122-82(42-19-25-51-113)100(138)121-81(41-18-24-50-112)99(137)120-80(40-17-23-49-111)98(136)119-79(97(116)135)39-16-22-48-110/h2-9,28-31,35-38,72-74,79-94H,10-27,32-34,39-66,110-115H2,1H3,(H2,116,135)(H,117,132)(H,118,139)(H,119,136)(H,120,137)(H,121,138)(H,122,140)(H,123,141)(H,124,142)/t72-,73-,74-,79-,80-,81-,82-,83-,84-,85-,86-,87-,88-,89-,90-,91-,92-,93-,94-/m0/s1. The van der Waals surface area contributed by atoms with E-state index in [-0.39, 0.29) is 159 Å². The number of fused-ring (bicyclic) bond motifs is 7. The van der Waals surface area contributed by atoms with Crippen LogP contribution in [0, 0.1) is 17.8 Å². The molecular formula is C109H158N22O16. The van der Waals surface area contributed by atoms with E-state index >= 15 is 52.7 Å². The van der Waals surface area contributed by atoms with Gasteiger partial charge in [0.15, 0.2) is 0 Å². The number of primary amides is 1. The molecule has 3 saturated heterocycles. The van der Waals surface area contributed by atoms with Gasteiger partial charge in [0.25, 0.3) is 0 Å². The Kier molecular flexibility index (Phi) is 40.2. The molecule has 19 atom stereocenters. The Morgan fingerprint density at radius 1 is 0.293 bits per heavy atom. The number of benzene rings is 4. The molecule has 0 unspecified atom stereocenters. The first kappa shape index (κ1) is 111. The van der Waals surface area contributed by atoms with Crippen LogP contribution < -0.4 is 82.7 Å². The minimum absolute atomic E-state index is 0.000781. The normalized spacial score (nSPS) is 24.0. The molecule has 38 heteroatoms. The Morgan fingerprint density at radius 3 is 0.884 bits per heavy atom. The number of rotatable bonds is 47. The van der Waals surface area contributed by atoms with E-state index in [1.807, 2.05) is 97.1 Å². The number of nitrogens with zero attached hydrogens (tertiary/aromatic N) is 7. The first-order chi connectivity index (χ1) is 71.1. The fourth-order valence-electron chi connectivity index (χ4n) is 24.8. The molecule has 10 aliphatic rings. The number of hydrogen-bond acceptors (Lipinski definition) is 22. The molecule has 7 aliphatic heterocycles. The average Bonchev–Trinajstić information content (AvgIpc) is 1.61. The second-order valence-corrected chi connectivity index (χ2v) is 42.4. The highest BCUT2D eigenvalue weighted by Crippen LogP contribution is 2.46. The SMILES string of the molecule is CC(=O)NCC(=O)N1Cc2ccccc2C[C@H]1C(=O)N1[C@H](C(=O)N[C@@H](CCCCN)C(=O)N2Cc3ccccc3C[C@H]2C(=O)N2[C@H](C(=O)NCC(=O)N3Cc4ccccc4C[C@H]3C(=O)N3[C@H](C(=O)N[C@@H](CCCCN)C(=O)N4Cc5ccccc5C[C@H]4C(=O)N[C@@H](CCCCN)C(=O)N[C@@H](CCCCN)C(=O)N[C@@H](CCCCN)C(=O)N[C@@H](CCCCN)C(N)=O)C[C@@H]4CCCC[C@@H]43)C[C@@H]3CCCC[C@@H]32)C[C@@H]2CCCC[C@@H]21. The van der Waals surface area contributed by atoms with Crippen molar-refractivity contribution in [2.24, 2.45) is 57.9 Å². The summed E-state index contributed by atoms with van der Waals surface area (Å²) in [6.07, 6.45) is 16.1. The van der Waals surface area contributed by atoms with Crippen LogP contribution in [0.25, 0.3) is 0 Å². The van der Waals surface area contributed by atoms with Crippen LogP contribution in [-0.4, -0.2) is 278 Å². The van der Waals surface area contributed by atoms with E-state index < -0.39 is 186 Å². The van der Waals surface area contributed by atoms with Crippen molar-refractivity contribution in [1.82, 2.24) is 76.8 Å². The first-order valence-corrected chi connectivity index (χ1v) is 54.4. The van der Waals surface area contributed by atoms with Crippen molar-refractivity contribution in [3.05, 3.63) is 142 Å². The highest BCUT2D eigenvalue weighted by molar-refractivity contribution is 6.02. The fraction of sp³-hybridized carbons (Fsp3) is 0.633. The molecule has 4 aromatic rings. The van der Waals surface area contributed by atoms with Crippen molar-refractivity contribution in [2.75, 3.05) is 52.4 Å². The third-order valence-electron chi connectivity index (χ3n) is 32.7. The van der Waals surface area contributed by atoms with Crippen LogP contribution in [0.3, 0.4) is 0 Å². The predicted molar refractivity (Wildman–Crippen MR) is 551 cm³/mol. The van der Waals surface area contributed by atoms with Gasteiger partial charge < -0.3 is 117 Å². The van der Waals surface area contributed by atoms with Crippen LogP contribution in [0.2, 0.25) is 0 Å². The minimum Gasteiger partial charge on any atom is -0.368 e. The number of likely N-dealkylation sites (tertiary alicyclic amines) is 3. The largest absolute Gasteiger partial charge is 0.368 e. The lowest BCUT2D eigenvalue weighted by Gasteiger charge is -2.43. The van der Waals surface area contributed by atoms with Gasteiger partial charge in [-0.05, 0) is 275 Å². The van der Waals surface area contributed by atoms with Gasteiger partial charge in [-0.2, -0.15) is 0 Å². The van der Waals surface area contributed by atoms with Crippen molar-refractivity contribution in [1.29, 1.82) is 0 Å². The van der Waals surface area contributed by atoms with Crippen molar-refractivity contribution < 1.29 is 76.7 Å². The number of nitrogens with two attached hydrogens (primary N) is 7. The van der Waals surface area contributed by atoms with Crippen molar-refractivity contribution in [2.45, 2.75) is 367 Å². The molecule has 16 amide bonds. The molecule has 38 nitrogen and oxygen atoms in total. The molecule has 22 N–H and O–H groups in total. The molecule has 0 spiro atoms. The molecule has 0 bridgehead atoms. The van der Waals surface area contributed by atoms with Crippen LogP contribution in [0.5, 0.6) is 0 Å². The van der Waals surface area contributed by atoms with E-state index in [1.165, 1.54) is 21.6 Å². The highest BCUT2D eigenvalue weighted by atomic mass is 16.2. The summed E-state index contributed by atoms with van der Waals surface area (Å²) in [6, 6.07) is 13.7. The fourth-order valence-corrected chi connectivity index (χ4v) is 24.8. The zero-order valence-electron chi connectivity index (χ0n) is 85.6. The predicted octanol–water partition coefficient (Wildman–Crippen LogP) is 2.70. The number of hydrogen-bond donors (Lipinski definition) is 15. The Hall–Kier alpha value is -11.8. The number of unbranched alkanes of at least 4 members (excludes halogenated alkanes) is 6. The van der Waals surface area contributed by atoms with Crippen LogP contribution in [0.15, 0.2) is 97.1 Å². The molecule has 147 heavy (non-hydrogen) atoms. The molecule has 800 valence electrons. The zero-order valence-corrected chi connectivity index (χ0v) is 85.6. The summed E-state index contributed by atoms with van der Waals surface area (Å²) in [5.41, 5.74) is 48.0. The third kappa shape index (κ3) is 27.3. The minimum atomic E-state index is -1.29. The summed E-state index contributed by atoms with van der Waals surface area (Å²) in [5, 5.41) is 23.3. The summed E-state index contributed by atoms with van der Waals surface area (Å²) in [7, 11) is 0. The van der Waals surface area contributed by atoms with E-state index in [0.29, 0.717) is 135 Å². The molecule has 14 rings (SSSR count). The number of amides is 16. The lowest BCUT2D eigenvalue weighted by Crippen LogP contribution is -2.63. The van der Waals surface area contributed by atoms with E-state index in [9.17, 15) is 24.0 Å². The summed E-state index contributed by atoms with van der Waals surface area (Å²) in [6.45, 7) is 2.14. The summed E-state index contributed by atoms with van der Waals surface area (Å²) in [5.74, 6) is -9.47. The summed E-state index contributed by atoms with van der Waals surface area (Å²) >= 11 is 0. The third-order valence-corrected chi connectivity index (χ3v) is 32.7. The van der Waals surface area contributed by atoms with E-state index in [2.05, 4.69) is 42.5 Å². The van der Waals surface area contributed by atoms with E-state index in [0.717, 1.165) is 89.5 Å². The second-order valence-electron chi connectivity index (χ2n) is 42.4. The molecule has 6 fully saturated rings. The van der Waals surface area contributed by atoms with Gasteiger partial charge >= 0.3 is 0 Å². The molecule has 0 radical (unpaired) electrons. The maximum absolute atomic E-state index is 16.5. The van der Waals surface area contributed by atoms with Gasteiger partial charge in [0, 0.05) is 76.9 Å². The van der Waals surface area contributed by atoms with Gasteiger partial charge in [-0.3, -0.25) is 76.7 Å². The van der Waals surface area contributed by atoms with Crippen LogP contribution >= 0.6 is 0 Å². The Bertz CT molecular complexity index is 5320. The van der Waals surface area contributed by atoms with Gasteiger partial charge in [0.05, 0.1) is 13.1 Å². The molecule has 3 saturated carbocycles. The van der Waals surface area contributed by atoms with Crippen molar-refractivity contribution in [3.8, 4) is 0 Å². The Labute approximate surface area is 862 Å². The van der Waals surface area contributed by atoms with Gasteiger partial charge in [-0.15, -0.1) is 0 Å². The van der Waals surface area contributed by atoms with Crippen LogP contribution in [-0.2, 0) is 129 Å². The van der Waals surface area contributed by atoms with Crippen molar-refractivity contribution >= 4 is 94.5 Å². The first-order valence-electron chi connectivity index (χ1n) is 54.4. The second kappa shape index (κ2) is 53.4. The Morgan fingerprint density at radius 2 is 0.551 bits per heavy atom. The quantitative estimate of drug-likeness (QED) is 0.0283. The molecular weight excluding hydrogens is 1870 g/mol.